The molecule has 1 aromatic heterocycles. The lowest BCUT2D eigenvalue weighted by Gasteiger charge is -2.09. The number of hydrogen-bond acceptors (Lipinski definition) is 6. The van der Waals surface area contributed by atoms with Crippen LogP contribution in [0.2, 0.25) is 0 Å². The maximum Gasteiger partial charge on any atom is 0.419 e. The summed E-state index contributed by atoms with van der Waals surface area (Å²) in [6.07, 6.45) is -4.70. The molecule has 0 bridgehead atoms. The van der Waals surface area contributed by atoms with Crippen molar-refractivity contribution in [1.82, 2.24) is 10.1 Å². The first-order valence-electron chi connectivity index (χ1n) is 5.43. The number of phenolic OH excluding ortho intramolecular Hbond substituents is 1. The zero-order chi connectivity index (χ0) is 14.9. The van der Waals surface area contributed by atoms with E-state index < -0.39 is 30.1 Å². The molecule has 0 radical (unpaired) electrons. The Kier molecular flexibility index (Phi) is 3.64. The van der Waals surface area contributed by atoms with E-state index in [0.717, 1.165) is 6.07 Å². The summed E-state index contributed by atoms with van der Waals surface area (Å²) >= 11 is 0. The highest BCUT2D eigenvalue weighted by molar-refractivity contribution is 5.58. The van der Waals surface area contributed by atoms with Crippen LogP contribution < -0.4 is 5.73 Å². The van der Waals surface area contributed by atoms with Crippen LogP contribution in [0, 0.1) is 0 Å². The van der Waals surface area contributed by atoms with Crippen LogP contribution in [0.3, 0.4) is 0 Å². The number of aromatic nitrogens is 2. The van der Waals surface area contributed by atoms with Crippen LogP contribution in [0.4, 0.5) is 13.2 Å². The smallest absolute Gasteiger partial charge is 0.419 e. The Morgan fingerprint density at radius 1 is 1.35 bits per heavy atom. The van der Waals surface area contributed by atoms with Crippen molar-refractivity contribution in [1.29, 1.82) is 0 Å². The molecule has 0 saturated heterocycles. The minimum absolute atomic E-state index is 0.00950. The minimum Gasteiger partial charge on any atom is -0.507 e. The second kappa shape index (κ2) is 5.10. The molecule has 9 heteroatoms. The average Bonchev–Trinajstić information content (AvgIpc) is 2.86. The summed E-state index contributed by atoms with van der Waals surface area (Å²) in [5.41, 5.74) is 4.25. The normalized spacial score (nSPS) is 13.4. The van der Waals surface area contributed by atoms with E-state index >= 15 is 0 Å². The largest absolute Gasteiger partial charge is 0.507 e. The Bertz CT molecular complexity index is 612. The molecule has 0 amide bonds. The maximum atomic E-state index is 12.7. The van der Waals surface area contributed by atoms with Crippen molar-refractivity contribution in [2.75, 3.05) is 6.61 Å². The first-order valence-corrected chi connectivity index (χ1v) is 5.43. The van der Waals surface area contributed by atoms with E-state index in [4.69, 9.17) is 15.4 Å². The van der Waals surface area contributed by atoms with Crippen molar-refractivity contribution in [3.8, 4) is 17.1 Å². The molecule has 1 aromatic carbocycles. The van der Waals surface area contributed by atoms with E-state index in [-0.39, 0.29) is 17.3 Å². The molecule has 1 unspecified atom stereocenters. The summed E-state index contributed by atoms with van der Waals surface area (Å²) in [5.74, 6) is -1.10. The molecular weight excluding hydrogens is 279 g/mol. The molecule has 1 atom stereocenters. The molecule has 2 aromatic rings. The van der Waals surface area contributed by atoms with Crippen LogP contribution in [0.5, 0.6) is 5.75 Å². The number of alkyl halides is 3. The van der Waals surface area contributed by atoms with E-state index in [9.17, 15) is 18.3 Å². The number of nitrogens with two attached hydrogens (primary N) is 1. The number of aliphatic hydroxyl groups excluding tert-OH is 1. The van der Waals surface area contributed by atoms with Gasteiger partial charge in [0.05, 0.1) is 12.2 Å². The number of aliphatic hydroxyl groups is 1. The summed E-state index contributed by atoms with van der Waals surface area (Å²) in [6.45, 7) is -0.439. The van der Waals surface area contributed by atoms with Gasteiger partial charge in [0.1, 0.15) is 11.8 Å². The fourth-order valence-electron chi connectivity index (χ4n) is 1.48. The van der Waals surface area contributed by atoms with E-state index in [1.54, 1.807) is 0 Å². The quantitative estimate of drug-likeness (QED) is 0.789. The van der Waals surface area contributed by atoms with Crippen molar-refractivity contribution >= 4 is 0 Å². The van der Waals surface area contributed by atoms with Crippen LogP contribution in [0.15, 0.2) is 22.7 Å². The van der Waals surface area contributed by atoms with Gasteiger partial charge in [-0.25, -0.2) is 0 Å². The second-order valence-corrected chi connectivity index (χ2v) is 3.97. The van der Waals surface area contributed by atoms with Crippen LogP contribution in [0.25, 0.3) is 11.4 Å². The number of phenols is 1. The molecule has 20 heavy (non-hydrogen) atoms. The summed E-state index contributed by atoms with van der Waals surface area (Å²) in [6, 6.07) is 1.90. The second-order valence-electron chi connectivity index (χ2n) is 3.97. The molecule has 2 rings (SSSR count). The zero-order valence-electron chi connectivity index (χ0n) is 9.92. The number of rotatable bonds is 3. The molecule has 0 saturated carbocycles. The summed E-state index contributed by atoms with van der Waals surface area (Å²) in [5, 5.41) is 21.5. The van der Waals surface area contributed by atoms with Crippen molar-refractivity contribution in [3.63, 3.8) is 0 Å². The fourth-order valence-corrected chi connectivity index (χ4v) is 1.48. The molecule has 0 aliphatic carbocycles. The standard InChI is InChI=1S/C11H10F3N3O3/c12-11(13,14)6-3-5(1-2-8(6)19)9-16-10(20-17-9)7(15)4-18/h1-3,7,18-19H,4,15H2. The van der Waals surface area contributed by atoms with Gasteiger partial charge in [0, 0.05) is 5.56 Å². The fraction of sp³-hybridized carbons (Fsp3) is 0.273. The summed E-state index contributed by atoms with van der Waals surface area (Å²) < 4.78 is 42.7. The van der Waals surface area contributed by atoms with Gasteiger partial charge >= 0.3 is 6.18 Å². The number of halogens is 3. The predicted molar refractivity (Wildman–Crippen MR) is 60.4 cm³/mol. The third-order valence-corrected chi connectivity index (χ3v) is 2.52. The van der Waals surface area contributed by atoms with Gasteiger partial charge in [-0.15, -0.1) is 0 Å². The van der Waals surface area contributed by atoms with Gasteiger partial charge in [-0.05, 0) is 18.2 Å². The molecule has 0 fully saturated rings. The molecule has 0 aliphatic rings. The Morgan fingerprint density at radius 3 is 2.65 bits per heavy atom. The van der Waals surface area contributed by atoms with Crippen LogP contribution in [-0.4, -0.2) is 27.0 Å². The van der Waals surface area contributed by atoms with Crippen molar-refractivity contribution in [2.45, 2.75) is 12.2 Å². The van der Waals surface area contributed by atoms with Gasteiger partial charge in [-0.2, -0.15) is 18.2 Å². The minimum atomic E-state index is -4.70. The third kappa shape index (κ3) is 2.73. The SMILES string of the molecule is NC(CO)c1nc(-c2ccc(O)c(C(F)(F)F)c2)no1. The van der Waals surface area contributed by atoms with E-state index in [0.29, 0.717) is 6.07 Å². The third-order valence-electron chi connectivity index (χ3n) is 2.52. The Balaban J connectivity index is 2.41. The van der Waals surface area contributed by atoms with Gasteiger partial charge in [0.2, 0.25) is 11.7 Å². The van der Waals surface area contributed by atoms with Gasteiger partial charge in [0.15, 0.2) is 0 Å². The monoisotopic (exact) mass is 289 g/mol. The molecule has 4 N–H and O–H groups in total. The van der Waals surface area contributed by atoms with Gasteiger partial charge in [-0.3, -0.25) is 0 Å². The van der Waals surface area contributed by atoms with Gasteiger partial charge < -0.3 is 20.5 Å². The van der Waals surface area contributed by atoms with E-state index in [1.807, 2.05) is 0 Å². The Labute approximate surface area is 110 Å². The highest BCUT2D eigenvalue weighted by Crippen LogP contribution is 2.37. The van der Waals surface area contributed by atoms with Crippen molar-refractivity contribution in [2.24, 2.45) is 5.73 Å². The lowest BCUT2D eigenvalue weighted by atomic mass is 10.1. The molecular formula is C11H10F3N3O3. The first-order chi connectivity index (χ1) is 9.32. The molecule has 1 heterocycles. The van der Waals surface area contributed by atoms with Crippen LogP contribution in [-0.2, 0) is 6.18 Å². The van der Waals surface area contributed by atoms with Crippen LogP contribution in [0.1, 0.15) is 17.5 Å². The molecule has 6 nitrogen and oxygen atoms in total. The Hall–Kier alpha value is -2.13. The average molecular weight is 289 g/mol. The molecule has 0 aliphatic heterocycles. The molecule has 0 spiro atoms. The van der Waals surface area contributed by atoms with Crippen molar-refractivity contribution < 1.29 is 27.9 Å². The topological polar surface area (TPSA) is 105 Å². The number of nitrogens with zero attached hydrogens (tertiary/aromatic N) is 2. The lowest BCUT2D eigenvalue weighted by molar-refractivity contribution is -0.138. The van der Waals surface area contributed by atoms with Gasteiger partial charge in [-0.1, -0.05) is 5.16 Å². The van der Waals surface area contributed by atoms with Crippen LogP contribution >= 0.6 is 0 Å². The predicted octanol–water partition coefficient (Wildman–Crippen LogP) is 1.45. The van der Waals surface area contributed by atoms with Crippen molar-refractivity contribution in [3.05, 3.63) is 29.7 Å². The highest BCUT2D eigenvalue weighted by atomic mass is 19.4. The maximum absolute atomic E-state index is 12.7. The molecule has 108 valence electrons. The van der Waals surface area contributed by atoms with E-state index in [2.05, 4.69) is 10.1 Å². The van der Waals surface area contributed by atoms with E-state index in [1.165, 1.54) is 6.07 Å². The summed E-state index contributed by atoms with van der Waals surface area (Å²) in [4.78, 5) is 3.79. The lowest BCUT2D eigenvalue weighted by Crippen LogP contribution is -2.14. The number of hydrogen-bond donors (Lipinski definition) is 3. The number of benzene rings is 1. The Morgan fingerprint density at radius 2 is 2.05 bits per heavy atom. The first kappa shape index (κ1) is 14.3. The zero-order valence-corrected chi connectivity index (χ0v) is 9.92. The summed E-state index contributed by atoms with van der Waals surface area (Å²) in [7, 11) is 0. The highest BCUT2D eigenvalue weighted by Gasteiger charge is 2.34. The van der Waals surface area contributed by atoms with Gasteiger partial charge in [0.25, 0.3) is 0 Å². The number of aromatic hydroxyl groups is 1.